The Bertz CT molecular complexity index is 616. The van der Waals surface area contributed by atoms with Gasteiger partial charge in [0.2, 0.25) is 0 Å². The van der Waals surface area contributed by atoms with Crippen LogP contribution in [-0.4, -0.2) is 4.98 Å². The summed E-state index contributed by atoms with van der Waals surface area (Å²) in [5.74, 6) is 0.238. The minimum absolute atomic E-state index is 0.214. The average molecular weight is 240 g/mol. The smallest absolute Gasteiger partial charge is 0.121 e. The molecule has 82 valence electrons. The topological polar surface area (TPSA) is 89.4 Å². The van der Waals surface area contributed by atoms with Crippen LogP contribution in [0.4, 0.5) is 5.82 Å². The van der Waals surface area contributed by atoms with Gasteiger partial charge in [0.15, 0.2) is 0 Å². The van der Waals surface area contributed by atoms with Gasteiger partial charge in [0.25, 0.3) is 0 Å². The van der Waals surface area contributed by atoms with E-state index in [4.69, 9.17) is 16.3 Å². The number of aromatic nitrogens is 1. The van der Waals surface area contributed by atoms with Crippen molar-refractivity contribution in [2.24, 2.45) is 0 Å². The largest absolute Gasteiger partial charge is 0.384 e. The lowest BCUT2D eigenvalue weighted by atomic mass is 10.2. The monoisotopic (exact) mass is 240 g/mol. The van der Waals surface area contributed by atoms with Crippen molar-refractivity contribution in [1.29, 1.82) is 10.5 Å². The van der Waals surface area contributed by atoms with E-state index in [0.29, 0.717) is 10.6 Å². The highest BCUT2D eigenvalue weighted by atomic mass is 32.2. The van der Waals surface area contributed by atoms with Gasteiger partial charge in [0.1, 0.15) is 29.1 Å². The fraction of sp³-hybridized carbons (Fsp3) is 0. The number of aromatic amines is 1. The first-order valence-corrected chi connectivity index (χ1v) is 5.62. The normalized spacial score (nSPS) is 9.53. The number of nitrogens with zero attached hydrogens (tertiary/aromatic N) is 2. The molecular weight excluding hydrogens is 232 g/mol. The predicted octanol–water partition coefficient (Wildman–Crippen LogP) is 2.49. The Morgan fingerprint density at radius 2 is 1.71 bits per heavy atom. The molecule has 0 atom stereocenters. The Hall–Kier alpha value is -2.37. The molecule has 0 radical (unpaired) electrons. The Morgan fingerprint density at radius 1 is 1.06 bits per heavy atom. The van der Waals surface area contributed by atoms with Crippen LogP contribution in [0.25, 0.3) is 0 Å². The van der Waals surface area contributed by atoms with E-state index in [-0.39, 0.29) is 11.4 Å². The van der Waals surface area contributed by atoms with Crippen LogP contribution in [0, 0.1) is 22.7 Å². The summed E-state index contributed by atoms with van der Waals surface area (Å²) in [5.41, 5.74) is 6.16. The van der Waals surface area contributed by atoms with Gasteiger partial charge in [-0.05, 0) is 12.1 Å². The minimum Gasteiger partial charge on any atom is -0.384 e. The van der Waals surface area contributed by atoms with Crippen molar-refractivity contribution < 1.29 is 0 Å². The van der Waals surface area contributed by atoms with E-state index in [1.807, 2.05) is 42.5 Å². The lowest BCUT2D eigenvalue weighted by molar-refractivity contribution is 1.19. The molecule has 0 amide bonds. The molecule has 17 heavy (non-hydrogen) atoms. The van der Waals surface area contributed by atoms with Gasteiger partial charge < -0.3 is 10.7 Å². The van der Waals surface area contributed by atoms with Gasteiger partial charge in [0, 0.05) is 4.90 Å². The van der Waals surface area contributed by atoms with Crippen molar-refractivity contribution in [1.82, 2.24) is 4.98 Å². The van der Waals surface area contributed by atoms with Gasteiger partial charge in [0.05, 0.1) is 5.03 Å². The molecule has 0 saturated heterocycles. The van der Waals surface area contributed by atoms with Gasteiger partial charge in [-0.3, -0.25) is 0 Å². The van der Waals surface area contributed by atoms with Crippen molar-refractivity contribution in [3.8, 4) is 12.1 Å². The summed E-state index contributed by atoms with van der Waals surface area (Å²) in [5, 5.41) is 18.5. The highest BCUT2D eigenvalue weighted by Crippen LogP contribution is 2.33. The molecule has 0 bridgehead atoms. The molecule has 1 heterocycles. The summed E-state index contributed by atoms with van der Waals surface area (Å²) in [6.07, 6.45) is 0. The van der Waals surface area contributed by atoms with Crippen LogP contribution in [0.15, 0.2) is 40.3 Å². The van der Waals surface area contributed by atoms with Crippen LogP contribution in [0.5, 0.6) is 0 Å². The Kier molecular flexibility index (Phi) is 3.04. The molecule has 0 aliphatic carbocycles. The van der Waals surface area contributed by atoms with Crippen molar-refractivity contribution >= 4 is 17.6 Å². The first-order valence-electron chi connectivity index (χ1n) is 4.80. The number of nitrogens with one attached hydrogen (secondary N) is 1. The third kappa shape index (κ3) is 2.10. The van der Waals surface area contributed by atoms with E-state index in [1.165, 1.54) is 11.8 Å². The zero-order chi connectivity index (χ0) is 12.3. The number of H-pyrrole nitrogens is 1. The number of benzene rings is 1. The zero-order valence-corrected chi connectivity index (χ0v) is 9.58. The zero-order valence-electron chi connectivity index (χ0n) is 8.77. The van der Waals surface area contributed by atoms with Crippen LogP contribution >= 0.6 is 11.8 Å². The maximum atomic E-state index is 9.03. The van der Waals surface area contributed by atoms with Crippen molar-refractivity contribution in [3.63, 3.8) is 0 Å². The van der Waals surface area contributed by atoms with E-state index < -0.39 is 0 Å². The molecule has 2 aromatic rings. The number of anilines is 1. The fourth-order valence-corrected chi connectivity index (χ4v) is 2.34. The lowest BCUT2D eigenvalue weighted by Gasteiger charge is -1.98. The predicted molar refractivity (Wildman–Crippen MR) is 65.2 cm³/mol. The third-order valence-corrected chi connectivity index (χ3v) is 3.20. The quantitative estimate of drug-likeness (QED) is 0.843. The number of hydrogen-bond donors (Lipinski definition) is 2. The van der Waals surface area contributed by atoms with Crippen LogP contribution < -0.4 is 5.73 Å². The Balaban J connectivity index is 2.42. The highest BCUT2D eigenvalue weighted by molar-refractivity contribution is 7.99. The number of hydrogen-bond acceptors (Lipinski definition) is 4. The van der Waals surface area contributed by atoms with E-state index in [2.05, 4.69) is 4.98 Å². The molecule has 0 aliphatic rings. The minimum atomic E-state index is 0.214. The molecule has 0 aliphatic heterocycles. The third-order valence-electron chi connectivity index (χ3n) is 2.18. The second-order valence-corrected chi connectivity index (χ2v) is 4.34. The molecule has 4 nitrogen and oxygen atoms in total. The number of nitrogens with two attached hydrogens (primary N) is 1. The summed E-state index contributed by atoms with van der Waals surface area (Å²) < 4.78 is 0. The molecule has 1 aromatic heterocycles. The van der Waals surface area contributed by atoms with Crippen LogP contribution in [0.2, 0.25) is 0 Å². The summed E-state index contributed by atoms with van der Waals surface area (Å²) in [6, 6.07) is 13.5. The molecule has 2 rings (SSSR count). The van der Waals surface area contributed by atoms with Crippen molar-refractivity contribution in [2.45, 2.75) is 9.92 Å². The van der Waals surface area contributed by atoms with Crippen molar-refractivity contribution in [3.05, 3.63) is 41.5 Å². The van der Waals surface area contributed by atoms with E-state index in [9.17, 15) is 0 Å². The molecule has 0 fully saturated rings. The average Bonchev–Trinajstić information content (AvgIpc) is 2.65. The maximum absolute atomic E-state index is 9.03. The second kappa shape index (κ2) is 4.65. The number of rotatable bonds is 2. The first-order chi connectivity index (χ1) is 8.26. The van der Waals surface area contributed by atoms with E-state index in [0.717, 1.165) is 4.90 Å². The van der Waals surface area contributed by atoms with E-state index in [1.54, 1.807) is 0 Å². The number of nitrogen functional groups attached to an aromatic ring is 1. The summed E-state index contributed by atoms with van der Waals surface area (Å²) >= 11 is 1.38. The van der Waals surface area contributed by atoms with Crippen LogP contribution in [0.3, 0.4) is 0 Å². The van der Waals surface area contributed by atoms with Crippen LogP contribution in [-0.2, 0) is 0 Å². The first kappa shape index (κ1) is 11.1. The van der Waals surface area contributed by atoms with Gasteiger partial charge in [-0.2, -0.15) is 10.5 Å². The standard InChI is InChI=1S/C12H8N4S/c13-6-9-10(7-14)12(16-11(9)15)17-8-4-2-1-3-5-8/h1-5,16H,15H2. The SMILES string of the molecule is N#Cc1c(N)[nH]c(Sc2ccccc2)c1C#N. The highest BCUT2D eigenvalue weighted by Gasteiger charge is 2.16. The van der Waals surface area contributed by atoms with Gasteiger partial charge in [-0.15, -0.1) is 0 Å². The summed E-state index contributed by atoms with van der Waals surface area (Å²) in [4.78, 5) is 3.84. The molecule has 5 heteroatoms. The lowest BCUT2D eigenvalue weighted by Crippen LogP contribution is -1.87. The molecular formula is C12H8N4S. The fourth-order valence-electron chi connectivity index (χ4n) is 1.40. The maximum Gasteiger partial charge on any atom is 0.121 e. The molecule has 0 unspecified atom stereocenters. The second-order valence-electron chi connectivity index (χ2n) is 3.26. The number of nitriles is 2. The Labute approximate surface area is 103 Å². The van der Waals surface area contributed by atoms with Crippen LogP contribution in [0.1, 0.15) is 11.1 Å². The molecule has 0 saturated carbocycles. The molecule has 3 N–H and O–H groups in total. The van der Waals surface area contributed by atoms with Crippen molar-refractivity contribution in [2.75, 3.05) is 5.73 Å². The molecule has 1 aromatic carbocycles. The summed E-state index contributed by atoms with van der Waals surface area (Å²) in [7, 11) is 0. The summed E-state index contributed by atoms with van der Waals surface area (Å²) in [6.45, 7) is 0. The Morgan fingerprint density at radius 3 is 2.29 bits per heavy atom. The molecule has 0 spiro atoms. The van der Waals surface area contributed by atoms with E-state index >= 15 is 0 Å². The van der Waals surface area contributed by atoms with Gasteiger partial charge >= 0.3 is 0 Å². The van der Waals surface area contributed by atoms with Gasteiger partial charge in [-0.25, -0.2) is 0 Å². The van der Waals surface area contributed by atoms with Gasteiger partial charge in [-0.1, -0.05) is 30.0 Å².